The molecule has 0 spiro atoms. The molecule has 1 rings (SSSR count). The number of hydrogen-bond acceptors (Lipinski definition) is 3. The van der Waals surface area contributed by atoms with Crippen LogP contribution in [0.4, 0.5) is 26.3 Å². The van der Waals surface area contributed by atoms with Gasteiger partial charge in [0.1, 0.15) is 5.69 Å². The highest BCUT2D eigenvalue weighted by Gasteiger charge is 2.40. The van der Waals surface area contributed by atoms with Crippen LogP contribution in [0, 0.1) is 0 Å². The molecule has 0 aliphatic rings. The van der Waals surface area contributed by atoms with Crippen LogP contribution in [0.2, 0.25) is 0 Å². The lowest BCUT2D eigenvalue weighted by atomic mass is 10.2. The fourth-order valence-electron chi connectivity index (χ4n) is 1.36. The van der Waals surface area contributed by atoms with Crippen LogP contribution in [0.15, 0.2) is 22.7 Å². The molecule has 2 unspecified atom stereocenters. The number of carbonyl (C=O) groups excluding carboxylic acids is 1. The zero-order chi connectivity index (χ0) is 17.3. The molecule has 124 valence electrons. The van der Waals surface area contributed by atoms with Crippen molar-refractivity contribution in [1.82, 2.24) is 4.98 Å². The summed E-state index contributed by atoms with van der Waals surface area (Å²) in [6, 6.07) is 1.53. The highest BCUT2D eigenvalue weighted by atomic mass is 32.2. The van der Waals surface area contributed by atoms with Crippen molar-refractivity contribution in [3.05, 3.63) is 29.6 Å². The van der Waals surface area contributed by atoms with Crippen molar-refractivity contribution in [2.45, 2.75) is 24.5 Å². The molecule has 0 bridgehead atoms. The Labute approximate surface area is 121 Å². The topological polar surface area (TPSA) is 59.4 Å². The predicted octanol–water partition coefficient (Wildman–Crippen LogP) is 3.35. The third-order valence-corrected chi connectivity index (χ3v) is 4.82. The van der Waals surface area contributed by atoms with Crippen LogP contribution >= 0.6 is 0 Å². The third-order valence-electron chi connectivity index (χ3n) is 2.71. The van der Waals surface area contributed by atoms with Crippen LogP contribution in [0.5, 0.6) is 0 Å². The third kappa shape index (κ3) is 4.42. The molecule has 0 radical (unpaired) electrons. The maximum atomic E-state index is 12.4. The van der Waals surface area contributed by atoms with Crippen LogP contribution in [0.25, 0.3) is 0 Å². The first-order valence-electron chi connectivity index (χ1n) is 5.60. The number of halogens is 6. The summed E-state index contributed by atoms with van der Waals surface area (Å²) in [6.07, 6.45) is -8.38. The van der Waals surface area contributed by atoms with Gasteiger partial charge >= 0.3 is 18.3 Å². The van der Waals surface area contributed by atoms with E-state index in [-0.39, 0.29) is 5.56 Å². The van der Waals surface area contributed by atoms with Gasteiger partial charge in [-0.1, -0.05) is 6.07 Å². The Bertz CT molecular complexity index is 671. The molecule has 0 saturated carbocycles. The van der Waals surface area contributed by atoms with E-state index in [0.29, 0.717) is 6.07 Å². The van der Waals surface area contributed by atoms with Gasteiger partial charge in [-0.3, -0.25) is 9.78 Å². The molecule has 2 atom stereocenters. The largest absolute Gasteiger partial charge is 0.474 e. The Morgan fingerprint density at radius 3 is 2.14 bits per heavy atom. The normalized spacial score (nSPS) is 16.7. The van der Waals surface area contributed by atoms with Crippen molar-refractivity contribution in [3.63, 3.8) is 0 Å². The Kier molecular flexibility index (Phi) is 4.90. The summed E-state index contributed by atoms with van der Waals surface area (Å²) >= 11 is 0. The molecule has 0 fully saturated rings. The fourth-order valence-corrected chi connectivity index (χ4v) is 2.60. The minimum Gasteiger partial charge on any atom is -0.261 e. The molecule has 0 aliphatic carbocycles. The highest BCUT2D eigenvalue weighted by Crippen LogP contribution is 2.30. The van der Waals surface area contributed by atoms with Crippen molar-refractivity contribution in [3.8, 4) is 0 Å². The van der Waals surface area contributed by atoms with Gasteiger partial charge in [0.25, 0.3) is 0 Å². The van der Waals surface area contributed by atoms with Gasteiger partial charge in [0.2, 0.25) is 0 Å². The summed E-state index contributed by atoms with van der Waals surface area (Å²) in [4.78, 5) is 13.9. The van der Waals surface area contributed by atoms with Gasteiger partial charge in [0.15, 0.2) is 0 Å². The number of amides is 1. The van der Waals surface area contributed by atoms with E-state index < -0.39 is 38.9 Å². The molecule has 1 aromatic rings. The van der Waals surface area contributed by atoms with Crippen LogP contribution in [-0.4, -0.2) is 27.5 Å². The highest BCUT2D eigenvalue weighted by molar-refractivity contribution is 7.93. The summed E-state index contributed by atoms with van der Waals surface area (Å²) in [7, 11) is -3.66. The van der Waals surface area contributed by atoms with Crippen LogP contribution in [-0.2, 0) is 20.7 Å². The van der Waals surface area contributed by atoms with Crippen molar-refractivity contribution < 1.29 is 35.3 Å². The van der Waals surface area contributed by atoms with Crippen molar-refractivity contribution in [2.75, 3.05) is 6.26 Å². The van der Waals surface area contributed by atoms with E-state index in [0.717, 1.165) is 18.5 Å². The lowest BCUT2D eigenvalue weighted by molar-refractivity contribution is -0.169. The van der Waals surface area contributed by atoms with E-state index in [9.17, 15) is 35.3 Å². The van der Waals surface area contributed by atoms with E-state index in [1.165, 1.54) is 6.92 Å². The molecule has 1 amide bonds. The molecule has 11 heteroatoms. The number of pyridine rings is 1. The summed E-state index contributed by atoms with van der Waals surface area (Å²) in [6.45, 7) is 1.18. The van der Waals surface area contributed by atoms with E-state index in [1.807, 2.05) is 0 Å². The quantitative estimate of drug-likeness (QED) is 0.770. The second-order valence-corrected chi connectivity index (χ2v) is 6.98. The Balaban J connectivity index is 3.15. The number of nitrogens with zero attached hydrogens (tertiary/aromatic N) is 2. The first-order valence-corrected chi connectivity index (χ1v) is 7.59. The maximum Gasteiger partial charge on any atom is 0.474 e. The first kappa shape index (κ1) is 18.4. The second-order valence-electron chi connectivity index (χ2n) is 4.37. The Morgan fingerprint density at radius 1 is 1.23 bits per heavy atom. The molecular formula is C11H10F6N2O2S. The second kappa shape index (κ2) is 5.86. The maximum absolute atomic E-state index is 12.4. The average molecular weight is 348 g/mol. The molecule has 4 nitrogen and oxygen atoms in total. The average Bonchev–Trinajstić information content (AvgIpc) is 2.35. The van der Waals surface area contributed by atoms with E-state index in [2.05, 4.69) is 9.35 Å². The van der Waals surface area contributed by atoms with Crippen molar-refractivity contribution in [1.29, 1.82) is 0 Å². The van der Waals surface area contributed by atoms with Crippen LogP contribution in [0.1, 0.15) is 23.4 Å². The molecule has 0 aromatic carbocycles. The number of hydrogen-bond donors (Lipinski definition) is 0. The van der Waals surface area contributed by atoms with Gasteiger partial charge in [-0.2, -0.15) is 30.7 Å². The Morgan fingerprint density at radius 2 is 1.77 bits per heavy atom. The molecule has 0 saturated heterocycles. The van der Waals surface area contributed by atoms with Gasteiger partial charge < -0.3 is 0 Å². The van der Waals surface area contributed by atoms with Crippen molar-refractivity contribution >= 4 is 15.6 Å². The lowest BCUT2D eigenvalue weighted by Gasteiger charge is -2.15. The molecule has 0 N–H and O–H groups in total. The van der Waals surface area contributed by atoms with Gasteiger partial charge in [0, 0.05) is 12.5 Å². The van der Waals surface area contributed by atoms with E-state index >= 15 is 0 Å². The zero-order valence-electron chi connectivity index (χ0n) is 11.2. The monoisotopic (exact) mass is 348 g/mol. The number of alkyl halides is 6. The zero-order valence-corrected chi connectivity index (χ0v) is 12.0. The molecule has 1 aromatic heterocycles. The molecule has 1 heterocycles. The minimum atomic E-state index is -5.27. The van der Waals surface area contributed by atoms with Gasteiger partial charge in [-0.15, -0.1) is 0 Å². The van der Waals surface area contributed by atoms with Crippen LogP contribution < -0.4 is 0 Å². The summed E-state index contributed by atoms with van der Waals surface area (Å²) in [5.41, 5.74) is -1.23. The number of rotatable bonds is 2. The smallest absolute Gasteiger partial charge is 0.261 e. The summed E-state index contributed by atoms with van der Waals surface area (Å²) in [5.74, 6) is -2.51. The van der Waals surface area contributed by atoms with Gasteiger partial charge in [-0.25, -0.2) is 4.21 Å². The number of carbonyl (C=O) groups is 1. The summed E-state index contributed by atoms with van der Waals surface area (Å²) in [5, 5.41) is -1.21. The van der Waals surface area contributed by atoms with Gasteiger partial charge in [-0.05, 0) is 18.6 Å². The first-order chi connectivity index (χ1) is 9.75. The van der Waals surface area contributed by atoms with E-state index in [1.54, 1.807) is 0 Å². The molecule has 22 heavy (non-hydrogen) atoms. The van der Waals surface area contributed by atoms with E-state index in [4.69, 9.17) is 0 Å². The number of aromatic nitrogens is 1. The predicted molar refractivity (Wildman–Crippen MR) is 65.2 cm³/mol. The Hall–Kier alpha value is -1.65. The van der Waals surface area contributed by atoms with Crippen molar-refractivity contribution in [2.24, 2.45) is 4.36 Å². The lowest BCUT2D eigenvalue weighted by Crippen LogP contribution is -2.23. The van der Waals surface area contributed by atoms with Crippen LogP contribution in [0.3, 0.4) is 0 Å². The standard InChI is InChI=1S/C11H10F6N2O2S/c1-6(22(2,21)19-9(20)11(15,16)17)7-3-4-8(18-5-7)10(12,13)14/h3-6H,1-2H3. The van der Waals surface area contributed by atoms with Gasteiger partial charge in [0.05, 0.1) is 15.0 Å². The summed E-state index contributed by atoms with van der Waals surface area (Å²) < 4.78 is 88.2. The molecule has 0 aliphatic heterocycles. The SMILES string of the molecule is CC(c1ccc(C(F)(F)F)nc1)S(C)(=O)=NC(=O)C(F)(F)F. The fraction of sp³-hybridized carbons (Fsp3) is 0.455. The molecular weight excluding hydrogens is 338 g/mol. The minimum absolute atomic E-state index is 0.0285.